The van der Waals surface area contributed by atoms with Gasteiger partial charge in [-0.2, -0.15) is 5.10 Å². The Hall–Kier alpha value is -2.34. The van der Waals surface area contributed by atoms with Crippen LogP contribution in [-0.2, 0) is 24.9 Å². The zero-order valence-electron chi connectivity index (χ0n) is 12.1. The van der Waals surface area contributed by atoms with Crippen LogP contribution in [0.2, 0.25) is 0 Å². The second-order valence-electron chi connectivity index (χ2n) is 5.18. The van der Waals surface area contributed by atoms with E-state index in [0.717, 1.165) is 35.8 Å². The number of hydrogen-bond donors (Lipinski definition) is 2. The Labute approximate surface area is 123 Å². The van der Waals surface area contributed by atoms with Crippen LogP contribution < -0.4 is 15.4 Å². The van der Waals surface area contributed by atoms with Crippen molar-refractivity contribution in [2.45, 2.75) is 20.0 Å². The average molecular weight is 286 g/mol. The van der Waals surface area contributed by atoms with Gasteiger partial charge >= 0.3 is 0 Å². The molecule has 0 atom stereocenters. The van der Waals surface area contributed by atoms with Crippen molar-refractivity contribution < 1.29 is 9.53 Å². The average Bonchev–Trinajstić information content (AvgIpc) is 2.76. The van der Waals surface area contributed by atoms with Gasteiger partial charge in [-0.25, -0.2) is 0 Å². The molecule has 6 heteroatoms. The number of hydrogen-bond acceptors (Lipinski definition) is 4. The number of fused-ring (bicyclic) bond motifs is 1. The van der Waals surface area contributed by atoms with E-state index in [2.05, 4.69) is 15.7 Å². The highest BCUT2D eigenvalue weighted by molar-refractivity contribution is 5.95. The van der Waals surface area contributed by atoms with Crippen LogP contribution in [0.25, 0.3) is 0 Å². The van der Waals surface area contributed by atoms with E-state index >= 15 is 0 Å². The molecule has 2 aromatic rings. The van der Waals surface area contributed by atoms with Crippen LogP contribution in [-0.4, -0.2) is 22.3 Å². The third-order valence-corrected chi connectivity index (χ3v) is 3.44. The van der Waals surface area contributed by atoms with E-state index < -0.39 is 0 Å². The highest BCUT2D eigenvalue weighted by atomic mass is 16.5. The van der Waals surface area contributed by atoms with Gasteiger partial charge in [0, 0.05) is 31.9 Å². The molecule has 3 rings (SSSR count). The normalized spacial score (nSPS) is 13.5. The molecule has 1 amide bonds. The van der Waals surface area contributed by atoms with Crippen LogP contribution in [0, 0.1) is 6.92 Å². The number of amides is 1. The van der Waals surface area contributed by atoms with E-state index in [9.17, 15) is 4.79 Å². The van der Waals surface area contributed by atoms with E-state index in [1.165, 1.54) is 5.56 Å². The van der Waals surface area contributed by atoms with E-state index in [0.29, 0.717) is 0 Å². The SMILES string of the molecule is Cc1nn(C)cc1CNCc1ccc2c(c1)NC(=O)CO2. The molecule has 1 aliphatic heterocycles. The molecule has 0 fully saturated rings. The molecular formula is C15H18N4O2. The fourth-order valence-electron chi connectivity index (χ4n) is 2.40. The largest absolute Gasteiger partial charge is 0.482 e. The molecule has 2 N–H and O–H groups in total. The van der Waals surface area contributed by atoms with Gasteiger partial charge in [-0.1, -0.05) is 6.07 Å². The number of ether oxygens (including phenoxy) is 1. The summed E-state index contributed by atoms with van der Waals surface area (Å²) in [5.74, 6) is 0.611. The Kier molecular flexibility index (Phi) is 3.62. The Morgan fingerprint density at radius 2 is 2.29 bits per heavy atom. The van der Waals surface area contributed by atoms with Gasteiger partial charge < -0.3 is 15.4 Å². The number of anilines is 1. The lowest BCUT2D eigenvalue weighted by Gasteiger charge is -2.18. The first-order valence-corrected chi connectivity index (χ1v) is 6.87. The summed E-state index contributed by atoms with van der Waals surface area (Å²) in [7, 11) is 1.92. The molecule has 2 heterocycles. The monoisotopic (exact) mass is 286 g/mol. The van der Waals surface area contributed by atoms with Crippen molar-refractivity contribution in [3.05, 3.63) is 41.2 Å². The highest BCUT2D eigenvalue weighted by Crippen LogP contribution is 2.28. The van der Waals surface area contributed by atoms with Gasteiger partial charge in [0.15, 0.2) is 6.61 Å². The quantitative estimate of drug-likeness (QED) is 0.890. The molecule has 1 aromatic heterocycles. The Balaban J connectivity index is 1.62. The summed E-state index contributed by atoms with van der Waals surface area (Å²) < 4.78 is 7.16. The first-order chi connectivity index (χ1) is 10.1. The van der Waals surface area contributed by atoms with Crippen LogP contribution in [0.1, 0.15) is 16.8 Å². The summed E-state index contributed by atoms with van der Waals surface area (Å²) in [6.07, 6.45) is 2.02. The maximum Gasteiger partial charge on any atom is 0.262 e. The second-order valence-corrected chi connectivity index (χ2v) is 5.18. The molecule has 0 radical (unpaired) electrons. The molecule has 21 heavy (non-hydrogen) atoms. The number of nitrogens with one attached hydrogen (secondary N) is 2. The zero-order chi connectivity index (χ0) is 14.8. The highest BCUT2D eigenvalue weighted by Gasteiger charge is 2.15. The summed E-state index contributed by atoms with van der Waals surface area (Å²) in [5, 5.41) is 10.5. The minimum atomic E-state index is -0.112. The van der Waals surface area contributed by atoms with E-state index in [1.54, 1.807) is 0 Å². The van der Waals surface area contributed by atoms with Crippen LogP contribution in [0.15, 0.2) is 24.4 Å². The first kappa shape index (κ1) is 13.6. The van der Waals surface area contributed by atoms with E-state index in [-0.39, 0.29) is 12.5 Å². The van der Waals surface area contributed by atoms with Gasteiger partial charge in [0.2, 0.25) is 0 Å². The standard InChI is InChI=1S/C15H18N4O2/c1-10-12(8-19(2)18-10)7-16-6-11-3-4-14-13(5-11)17-15(20)9-21-14/h3-5,8,16H,6-7,9H2,1-2H3,(H,17,20). The molecule has 0 bridgehead atoms. The maximum atomic E-state index is 11.3. The van der Waals surface area contributed by atoms with Gasteiger partial charge in [-0.05, 0) is 24.6 Å². The van der Waals surface area contributed by atoms with Crippen LogP contribution in [0.5, 0.6) is 5.75 Å². The lowest BCUT2D eigenvalue weighted by Crippen LogP contribution is -2.25. The Bertz CT molecular complexity index is 678. The molecule has 6 nitrogen and oxygen atoms in total. The summed E-state index contributed by atoms with van der Waals surface area (Å²) >= 11 is 0. The number of carbonyl (C=O) groups excluding carboxylic acids is 1. The number of nitrogens with zero attached hydrogens (tertiary/aromatic N) is 2. The number of rotatable bonds is 4. The van der Waals surface area contributed by atoms with Crippen molar-refractivity contribution in [3.63, 3.8) is 0 Å². The molecule has 110 valence electrons. The van der Waals surface area contributed by atoms with Crippen molar-refractivity contribution in [3.8, 4) is 5.75 Å². The zero-order valence-corrected chi connectivity index (χ0v) is 12.1. The van der Waals surface area contributed by atoms with Gasteiger partial charge in [-0.3, -0.25) is 9.48 Å². The Morgan fingerprint density at radius 3 is 3.05 bits per heavy atom. The van der Waals surface area contributed by atoms with Crippen molar-refractivity contribution >= 4 is 11.6 Å². The van der Waals surface area contributed by atoms with Crippen molar-refractivity contribution in [2.24, 2.45) is 7.05 Å². The minimum absolute atomic E-state index is 0.0882. The van der Waals surface area contributed by atoms with Gasteiger partial charge in [0.1, 0.15) is 5.75 Å². The summed E-state index contributed by atoms with van der Waals surface area (Å²) in [6, 6.07) is 5.83. The van der Waals surface area contributed by atoms with Crippen LogP contribution in [0.4, 0.5) is 5.69 Å². The predicted octanol–water partition coefficient (Wildman–Crippen LogP) is 1.35. The number of aromatic nitrogens is 2. The lowest BCUT2D eigenvalue weighted by atomic mass is 10.1. The van der Waals surface area contributed by atoms with Crippen molar-refractivity contribution in [1.29, 1.82) is 0 Å². The topological polar surface area (TPSA) is 68.2 Å². The van der Waals surface area contributed by atoms with Gasteiger partial charge in [0.05, 0.1) is 11.4 Å². The summed E-state index contributed by atoms with van der Waals surface area (Å²) in [5.41, 5.74) is 4.06. The second kappa shape index (κ2) is 5.57. The lowest BCUT2D eigenvalue weighted by molar-refractivity contribution is -0.118. The van der Waals surface area contributed by atoms with E-state index in [1.807, 2.05) is 43.0 Å². The fourth-order valence-corrected chi connectivity index (χ4v) is 2.40. The molecule has 0 saturated heterocycles. The molecule has 0 unspecified atom stereocenters. The predicted molar refractivity (Wildman–Crippen MR) is 79.1 cm³/mol. The number of aryl methyl sites for hydroxylation is 2. The van der Waals surface area contributed by atoms with Gasteiger partial charge in [-0.15, -0.1) is 0 Å². The van der Waals surface area contributed by atoms with Crippen LogP contribution in [0.3, 0.4) is 0 Å². The molecule has 0 aliphatic carbocycles. The molecule has 1 aromatic carbocycles. The molecule has 0 spiro atoms. The van der Waals surface area contributed by atoms with E-state index in [4.69, 9.17) is 4.74 Å². The summed E-state index contributed by atoms with van der Waals surface area (Å²) in [6.45, 7) is 3.57. The smallest absolute Gasteiger partial charge is 0.262 e. The first-order valence-electron chi connectivity index (χ1n) is 6.87. The van der Waals surface area contributed by atoms with Crippen molar-refractivity contribution in [1.82, 2.24) is 15.1 Å². The minimum Gasteiger partial charge on any atom is -0.482 e. The summed E-state index contributed by atoms with van der Waals surface area (Å²) in [4.78, 5) is 11.3. The Morgan fingerprint density at radius 1 is 1.43 bits per heavy atom. The molecule has 1 aliphatic rings. The maximum absolute atomic E-state index is 11.3. The number of benzene rings is 1. The molecular weight excluding hydrogens is 268 g/mol. The van der Waals surface area contributed by atoms with Gasteiger partial charge in [0.25, 0.3) is 5.91 Å². The fraction of sp³-hybridized carbons (Fsp3) is 0.333. The number of carbonyl (C=O) groups is 1. The third-order valence-electron chi connectivity index (χ3n) is 3.44. The van der Waals surface area contributed by atoms with Crippen molar-refractivity contribution in [2.75, 3.05) is 11.9 Å². The molecule has 0 saturated carbocycles. The van der Waals surface area contributed by atoms with Crippen LogP contribution >= 0.6 is 0 Å². The third kappa shape index (κ3) is 3.05.